The van der Waals surface area contributed by atoms with Crippen molar-refractivity contribution in [1.82, 2.24) is 14.9 Å². The van der Waals surface area contributed by atoms with Crippen molar-refractivity contribution < 1.29 is 9.53 Å². The highest BCUT2D eigenvalue weighted by Gasteiger charge is 2.37. The molecule has 0 bridgehead atoms. The molecule has 3 aromatic rings. The van der Waals surface area contributed by atoms with Crippen LogP contribution in [-0.2, 0) is 4.79 Å². The summed E-state index contributed by atoms with van der Waals surface area (Å²) in [6, 6.07) is 13.4. The third-order valence-electron chi connectivity index (χ3n) is 5.19. The summed E-state index contributed by atoms with van der Waals surface area (Å²) < 4.78 is 7.10. The molecule has 1 amide bonds. The molecule has 0 unspecified atom stereocenters. The molecular formula is C21H23N5O2S. The normalized spacial score (nSPS) is 17.9. The Labute approximate surface area is 173 Å². The molecule has 7 nitrogen and oxygen atoms in total. The number of aromatic nitrogens is 3. The van der Waals surface area contributed by atoms with Crippen LogP contribution in [0.3, 0.4) is 0 Å². The van der Waals surface area contributed by atoms with Crippen molar-refractivity contribution in [3.05, 3.63) is 65.0 Å². The molecule has 1 aliphatic rings. The monoisotopic (exact) mass is 409 g/mol. The van der Waals surface area contributed by atoms with Crippen LogP contribution in [0.5, 0.6) is 5.75 Å². The number of hydrogen-bond acceptors (Lipinski definition) is 6. The molecule has 2 N–H and O–H groups in total. The van der Waals surface area contributed by atoms with E-state index in [4.69, 9.17) is 4.74 Å². The van der Waals surface area contributed by atoms with Gasteiger partial charge in [0, 0.05) is 5.69 Å². The van der Waals surface area contributed by atoms with Crippen LogP contribution in [0.4, 0.5) is 5.69 Å². The Hall–Kier alpha value is -3.00. The number of thioether (sulfide) groups is 1. The van der Waals surface area contributed by atoms with Crippen LogP contribution in [0.25, 0.3) is 0 Å². The Morgan fingerprint density at radius 3 is 2.62 bits per heavy atom. The average molecular weight is 410 g/mol. The molecule has 2 aromatic carbocycles. The maximum atomic E-state index is 13.3. The van der Waals surface area contributed by atoms with Crippen molar-refractivity contribution in [3.63, 3.8) is 0 Å². The summed E-state index contributed by atoms with van der Waals surface area (Å²) in [6.45, 7) is 5.93. The first-order chi connectivity index (χ1) is 14.0. The first kappa shape index (κ1) is 19.3. The van der Waals surface area contributed by atoms with E-state index in [1.165, 1.54) is 11.8 Å². The second-order valence-electron chi connectivity index (χ2n) is 7.02. The summed E-state index contributed by atoms with van der Waals surface area (Å²) >= 11 is 1.41. The van der Waals surface area contributed by atoms with Gasteiger partial charge in [0.15, 0.2) is 0 Å². The maximum absolute atomic E-state index is 13.3. The molecule has 0 saturated heterocycles. The fourth-order valence-corrected chi connectivity index (χ4v) is 4.44. The van der Waals surface area contributed by atoms with Crippen molar-refractivity contribution in [3.8, 4) is 5.75 Å². The van der Waals surface area contributed by atoms with Crippen LogP contribution in [0, 0.1) is 20.8 Å². The number of amides is 1. The fraction of sp³-hybridized carbons (Fsp3) is 0.286. The first-order valence-electron chi connectivity index (χ1n) is 9.34. The molecular weight excluding hydrogens is 386 g/mol. The molecule has 0 spiro atoms. The van der Waals surface area contributed by atoms with Crippen LogP contribution in [0.2, 0.25) is 0 Å². The molecule has 8 heteroatoms. The SMILES string of the molecule is COc1ccc([C@@H]2Nn3c(C)nnc3S[C@@H]2C(=O)Nc2cccc(C)c2C)cc1. The average Bonchev–Trinajstić information content (AvgIpc) is 3.10. The van der Waals surface area contributed by atoms with Crippen LogP contribution in [-0.4, -0.2) is 33.1 Å². The van der Waals surface area contributed by atoms with E-state index in [1.54, 1.807) is 7.11 Å². The molecule has 150 valence electrons. The van der Waals surface area contributed by atoms with Gasteiger partial charge in [-0.2, -0.15) is 0 Å². The minimum Gasteiger partial charge on any atom is -0.497 e. The van der Waals surface area contributed by atoms with Crippen molar-refractivity contribution in [2.45, 2.75) is 37.2 Å². The zero-order valence-electron chi connectivity index (χ0n) is 16.8. The van der Waals surface area contributed by atoms with Gasteiger partial charge < -0.3 is 15.5 Å². The molecule has 2 heterocycles. The van der Waals surface area contributed by atoms with Crippen molar-refractivity contribution >= 4 is 23.4 Å². The lowest BCUT2D eigenvalue weighted by atomic mass is 10.0. The van der Waals surface area contributed by atoms with Crippen LogP contribution >= 0.6 is 11.8 Å². The standard InChI is InChI=1S/C21H23N5O2S/c1-12-6-5-7-17(13(12)2)22-20(27)19-18(15-8-10-16(28-4)11-9-15)25-26-14(3)23-24-21(26)29-19/h5-11,18-19,25H,1-4H3,(H,22,27)/t18-,19-/m0/s1. The lowest BCUT2D eigenvalue weighted by Crippen LogP contribution is -2.41. The predicted molar refractivity (Wildman–Crippen MR) is 114 cm³/mol. The second-order valence-corrected chi connectivity index (χ2v) is 8.13. The number of fused-ring (bicyclic) bond motifs is 1. The molecule has 29 heavy (non-hydrogen) atoms. The number of nitrogens with one attached hydrogen (secondary N) is 2. The second kappa shape index (κ2) is 7.79. The number of aryl methyl sites for hydroxylation is 2. The van der Waals surface area contributed by atoms with Gasteiger partial charge in [0.05, 0.1) is 13.2 Å². The zero-order valence-corrected chi connectivity index (χ0v) is 17.6. The fourth-order valence-electron chi connectivity index (χ4n) is 3.31. The van der Waals surface area contributed by atoms with Gasteiger partial charge in [-0.15, -0.1) is 10.2 Å². The number of ether oxygens (including phenoxy) is 1. The lowest BCUT2D eigenvalue weighted by Gasteiger charge is -2.33. The van der Waals surface area contributed by atoms with Gasteiger partial charge >= 0.3 is 0 Å². The van der Waals surface area contributed by atoms with Crippen LogP contribution < -0.4 is 15.5 Å². The van der Waals surface area contributed by atoms with E-state index < -0.39 is 5.25 Å². The number of benzene rings is 2. The maximum Gasteiger partial charge on any atom is 0.240 e. The number of anilines is 1. The molecule has 0 saturated carbocycles. The summed E-state index contributed by atoms with van der Waals surface area (Å²) in [4.78, 5) is 13.3. The minimum atomic E-state index is -0.417. The van der Waals surface area contributed by atoms with Crippen LogP contribution in [0.1, 0.15) is 28.6 Å². The summed E-state index contributed by atoms with van der Waals surface area (Å²) in [6.07, 6.45) is 0. The van der Waals surface area contributed by atoms with Crippen molar-refractivity contribution in [2.75, 3.05) is 17.9 Å². The van der Waals surface area contributed by atoms with Gasteiger partial charge in [0.1, 0.15) is 16.8 Å². The Morgan fingerprint density at radius 1 is 1.14 bits per heavy atom. The highest BCUT2D eigenvalue weighted by atomic mass is 32.2. The number of nitrogens with zero attached hydrogens (tertiary/aromatic N) is 3. The molecule has 1 aliphatic heterocycles. The molecule has 4 rings (SSSR count). The van der Waals surface area contributed by atoms with E-state index >= 15 is 0 Å². The summed E-state index contributed by atoms with van der Waals surface area (Å²) in [5.41, 5.74) is 7.42. The summed E-state index contributed by atoms with van der Waals surface area (Å²) in [5.74, 6) is 1.44. The van der Waals surface area contributed by atoms with Gasteiger partial charge in [0.25, 0.3) is 0 Å². The molecule has 1 aromatic heterocycles. The topological polar surface area (TPSA) is 81.1 Å². The lowest BCUT2D eigenvalue weighted by molar-refractivity contribution is -0.116. The molecule has 2 atom stereocenters. The largest absolute Gasteiger partial charge is 0.497 e. The van der Waals surface area contributed by atoms with E-state index in [1.807, 2.05) is 67.9 Å². The zero-order chi connectivity index (χ0) is 20.5. The van der Waals surface area contributed by atoms with Gasteiger partial charge in [-0.25, -0.2) is 4.68 Å². The van der Waals surface area contributed by atoms with E-state index in [2.05, 4.69) is 20.9 Å². The summed E-state index contributed by atoms with van der Waals surface area (Å²) in [7, 11) is 1.64. The Kier molecular flexibility index (Phi) is 5.19. The molecule has 0 fully saturated rings. The Balaban J connectivity index is 1.67. The quantitative estimate of drug-likeness (QED) is 0.685. The van der Waals surface area contributed by atoms with E-state index in [0.717, 1.165) is 34.0 Å². The molecule has 0 radical (unpaired) electrons. The van der Waals surface area contributed by atoms with Gasteiger partial charge in [-0.1, -0.05) is 36.0 Å². The van der Waals surface area contributed by atoms with Crippen molar-refractivity contribution in [1.29, 1.82) is 0 Å². The van der Waals surface area contributed by atoms with E-state index in [9.17, 15) is 4.79 Å². The summed E-state index contributed by atoms with van der Waals surface area (Å²) in [5, 5.41) is 11.7. The number of methoxy groups -OCH3 is 1. The van der Waals surface area contributed by atoms with Gasteiger partial charge in [-0.05, 0) is 55.7 Å². The van der Waals surface area contributed by atoms with Crippen LogP contribution in [0.15, 0.2) is 47.6 Å². The Bertz CT molecular complexity index is 1050. The third-order valence-corrected chi connectivity index (χ3v) is 6.41. The number of carbonyl (C=O) groups excluding carboxylic acids is 1. The minimum absolute atomic E-state index is 0.0797. The highest BCUT2D eigenvalue weighted by Crippen LogP contribution is 2.38. The molecule has 0 aliphatic carbocycles. The smallest absolute Gasteiger partial charge is 0.240 e. The van der Waals surface area contributed by atoms with Gasteiger partial charge in [0.2, 0.25) is 11.1 Å². The Morgan fingerprint density at radius 2 is 1.90 bits per heavy atom. The van der Waals surface area contributed by atoms with E-state index in [-0.39, 0.29) is 11.9 Å². The third kappa shape index (κ3) is 3.67. The van der Waals surface area contributed by atoms with E-state index in [0.29, 0.717) is 5.16 Å². The highest BCUT2D eigenvalue weighted by molar-refractivity contribution is 8.00. The first-order valence-corrected chi connectivity index (χ1v) is 10.2. The number of rotatable bonds is 4. The number of carbonyl (C=O) groups is 1. The van der Waals surface area contributed by atoms with Gasteiger partial charge in [-0.3, -0.25) is 4.79 Å². The van der Waals surface area contributed by atoms with Crippen molar-refractivity contribution in [2.24, 2.45) is 0 Å². The number of hydrogen-bond donors (Lipinski definition) is 2. The predicted octanol–water partition coefficient (Wildman–Crippen LogP) is 3.61.